The first-order valence-electron chi connectivity index (χ1n) is 5.52. The number of unbranched alkanes of at least 4 members (excludes halogenated alkanes) is 4. The molecule has 0 saturated heterocycles. The molecule has 0 atom stereocenters. The zero-order valence-corrected chi connectivity index (χ0v) is 9.78. The third-order valence-corrected chi connectivity index (χ3v) is 3.00. The summed E-state index contributed by atoms with van der Waals surface area (Å²) in [7, 11) is 0. The zero-order chi connectivity index (χ0) is 10.1. The molecule has 0 unspecified atom stereocenters. The monoisotopic (exact) mass is 212 g/mol. The lowest BCUT2D eigenvalue weighted by Gasteiger charge is -2.01. The van der Waals surface area contributed by atoms with Crippen molar-refractivity contribution in [2.24, 2.45) is 0 Å². The van der Waals surface area contributed by atoms with Crippen molar-refractivity contribution >= 4 is 11.3 Å². The average molecular weight is 212 g/mol. The van der Waals surface area contributed by atoms with Crippen molar-refractivity contribution in [1.82, 2.24) is 10.3 Å². The number of nitrogens with one attached hydrogen (secondary N) is 1. The first-order valence-corrected chi connectivity index (χ1v) is 6.40. The lowest BCUT2D eigenvalue weighted by atomic mass is 10.1. The molecule has 1 rings (SSSR count). The highest BCUT2D eigenvalue weighted by Gasteiger charge is 1.93. The first-order chi connectivity index (χ1) is 6.93. The number of aromatic nitrogens is 1. The largest absolute Gasteiger partial charge is 0.310 e. The second-order valence-corrected chi connectivity index (χ2v) is 4.50. The van der Waals surface area contributed by atoms with Gasteiger partial charge >= 0.3 is 0 Å². The van der Waals surface area contributed by atoms with E-state index in [0.717, 1.165) is 13.1 Å². The third kappa shape index (κ3) is 5.35. The minimum Gasteiger partial charge on any atom is -0.310 e. The van der Waals surface area contributed by atoms with Gasteiger partial charge in [0, 0.05) is 18.1 Å². The van der Waals surface area contributed by atoms with Gasteiger partial charge in [0.1, 0.15) is 5.01 Å². The summed E-state index contributed by atoms with van der Waals surface area (Å²) in [5.74, 6) is 0. The molecule has 80 valence electrons. The van der Waals surface area contributed by atoms with E-state index in [9.17, 15) is 0 Å². The van der Waals surface area contributed by atoms with E-state index in [0.29, 0.717) is 0 Å². The average Bonchev–Trinajstić information content (AvgIpc) is 2.69. The fourth-order valence-electron chi connectivity index (χ4n) is 1.39. The molecular formula is C11H20N2S. The second-order valence-electron chi connectivity index (χ2n) is 3.52. The lowest BCUT2D eigenvalue weighted by molar-refractivity contribution is 0.583. The molecular weight excluding hydrogens is 192 g/mol. The van der Waals surface area contributed by atoms with E-state index in [2.05, 4.69) is 17.2 Å². The van der Waals surface area contributed by atoms with Crippen LogP contribution in [0.3, 0.4) is 0 Å². The zero-order valence-electron chi connectivity index (χ0n) is 8.96. The van der Waals surface area contributed by atoms with Crippen LogP contribution in [0.4, 0.5) is 0 Å². The van der Waals surface area contributed by atoms with Crippen molar-refractivity contribution in [3.05, 3.63) is 16.6 Å². The number of rotatable bonds is 8. The van der Waals surface area contributed by atoms with Crippen molar-refractivity contribution in [3.63, 3.8) is 0 Å². The summed E-state index contributed by atoms with van der Waals surface area (Å²) in [6, 6.07) is 0. The molecule has 0 amide bonds. The fourth-order valence-corrected chi connectivity index (χ4v) is 1.98. The molecule has 14 heavy (non-hydrogen) atoms. The van der Waals surface area contributed by atoms with Gasteiger partial charge in [-0.05, 0) is 13.0 Å². The maximum atomic E-state index is 4.22. The Bertz CT molecular complexity index is 209. The summed E-state index contributed by atoms with van der Waals surface area (Å²) >= 11 is 1.72. The highest BCUT2D eigenvalue weighted by atomic mass is 32.1. The van der Waals surface area contributed by atoms with Crippen LogP contribution in [0.2, 0.25) is 0 Å². The van der Waals surface area contributed by atoms with Crippen LogP contribution in [0, 0.1) is 0 Å². The predicted octanol–water partition coefficient (Wildman–Crippen LogP) is 3.20. The molecule has 0 aliphatic carbocycles. The Labute approximate surface area is 90.8 Å². The van der Waals surface area contributed by atoms with Crippen LogP contribution in [0.5, 0.6) is 0 Å². The third-order valence-electron chi connectivity index (χ3n) is 2.22. The molecule has 0 aromatic carbocycles. The Morgan fingerprint density at radius 3 is 2.86 bits per heavy atom. The minimum atomic E-state index is 0.936. The van der Waals surface area contributed by atoms with Gasteiger partial charge in [0.05, 0.1) is 0 Å². The molecule has 1 N–H and O–H groups in total. The maximum absolute atomic E-state index is 4.22. The van der Waals surface area contributed by atoms with E-state index < -0.39 is 0 Å². The van der Waals surface area contributed by atoms with Crippen LogP contribution in [0.25, 0.3) is 0 Å². The van der Waals surface area contributed by atoms with Crippen molar-refractivity contribution in [3.8, 4) is 0 Å². The van der Waals surface area contributed by atoms with Gasteiger partial charge in [-0.15, -0.1) is 11.3 Å². The molecule has 0 bridgehead atoms. The predicted molar refractivity (Wildman–Crippen MR) is 62.6 cm³/mol. The van der Waals surface area contributed by atoms with Crippen LogP contribution < -0.4 is 5.32 Å². The Morgan fingerprint density at radius 2 is 2.14 bits per heavy atom. The Kier molecular flexibility index (Phi) is 6.62. The number of hydrogen-bond acceptors (Lipinski definition) is 3. The van der Waals surface area contributed by atoms with Gasteiger partial charge in [0.15, 0.2) is 0 Å². The molecule has 1 aromatic heterocycles. The fraction of sp³-hybridized carbons (Fsp3) is 0.727. The topological polar surface area (TPSA) is 24.9 Å². The molecule has 0 aliphatic rings. The number of hydrogen-bond donors (Lipinski definition) is 1. The number of nitrogens with zero attached hydrogens (tertiary/aromatic N) is 1. The Morgan fingerprint density at radius 1 is 1.29 bits per heavy atom. The molecule has 0 saturated carbocycles. The maximum Gasteiger partial charge on any atom is 0.106 e. The van der Waals surface area contributed by atoms with E-state index in [-0.39, 0.29) is 0 Å². The summed E-state index contributed by atoms with van der Waals surface area (Å²) < 4.78 is 0. The van der Waals surface area contributed by atoms with Crippen molar-refractivity contribution in [2.45, 2.75) is 45.6 Å². The van der Waals surface area contributed by atoms with Gasteiger partial charge in [-0.2, -0.15) is 0 Å². The van der Waals surface area contributed by atoms with Gasteiger partial charge in [-0.25, -0.2) is 4.98 Å². The minimum absolute atomic E-state index is 0.936. The smallest absolute Gasteiger partial charge is 0.106 e. The molecule has 0 aliphatic heterocycles. The van der Waals surface area contributed by atoms with Gasteiger partial charge in [0.25, 0.3) is 0 Å². The Hall–Kier alpha value is -0.410. The van der Waals surface area contributed by atoms with Gasteiger partial charge in [0.2, 0.25) is 0 Å². The summed E-state index contributed by atoms with van der Waals surface area (Å²) in [6.45, 7) is 4.31. The van der Waals surface area contributed by atoms with Crippen LogP contribution in [-0.2, 0) is 6.54 Å². The molecule has 0 radical (unpaired) electrons. The van der Waals surface area contributed by atoms with E-state index >= 15 is 0 Å². The molecule has 3 heteroatoms. The normalized spacial score (nSPS) is 10.6. The van der Waals surface area contributed by atoms with Gasteiger partial charge in [-0.3, -0.25) is 0 Å². The first kappa shape index (κ1) is 11.7. The summed E-state index contributed by atoms with van der Waals surface area (Å²) in [6.07, 6.45) is 8.61. The van der Waals surface area contributed by atoms with E-state index in [4.69, 9.17) is 0 Å². The summed E-state index contributed by atoms with van der Waals surface area (Å²) in [4.78, 5) is 4.22. The van der Waals surface area contributed by atoms with E-state index in [1.807, 2.05) is 11.6 Å². The highest BCUT2D eigenvalue weighted by Crippen LogP contribution is 2.04. The van der Waals surface area contributed by atoms with Crippen LogP contribution in [0.15, 0.2) is 11.6 Å². The quantitative estimate of drug-likeness (QED) is 0.669. The van der Waals surface area contributed by atoms with Crippen molar-refractivity contribution in [2.75, 3.05) is 6.54 Å². The second kappa shape index (κ2) is 7.94. The van der Waals surface area contributed by atoms with Crippen molar-refractivity contribution < 1.29 is 0 Å². The molecule has 0 fully saturated rings. The van der Waals surface area contributed by atoms with Crippen LogP contribution >= 0.6 is 11.3 Å². The highest BCUT2D eigenvalue weighted by molar-refractivity contribution is 7.09. The van der Waals surface area contributed by atoms with Gasteiger partial charge < -0.3 is 5.32 Å². The molecule has 1 heterocycles. The SMILES string of the molecule is CCCCCCCNCc1nccs1. The standard InChI is InChI=1S/C11H20N2S/c1-2-3-4-5-6-7-12-10-11-13-8-9-14-11/h8-9,12H,2-7,10H2,1H3. The lowest BCUT2D eigenvalue weighted by Crippen LogP contribution is -2.14. The van der Waals surface area contributed by atoms with Crippen LogP contribution in [-0.4, -0.2) is 11.5 Å². The summed E-state index contributed by atoms with van der Waals surface area (Å²) in [5.41, 5.74) is 0. The molecule has 2 nitrogen and oxygen atoms in total. The van der Waals surface area contributed by atoms with E-state index in [1.54, 1.807) is 11.3 Å². The number of thiazole rings is 1. The van der Waals surface area contributed by atoms with Crippen LogP contribution in [0.1, 0.15) is 44.0 Å². The Balaban J connectivity index is 1.85. The summed E-state index contributed by atoms with van der Waals surface area (Å²) in [5, 5.41) is 6.63. The van der Waals surface area contributed by atoms with Crippen molar-refractivity contribution in [1.29, 1.82) is 0 Å². The van der Waals surface area contributed by atoms with E-state index in [1.165, 1.54) is 37.1 Å². The molecule has 0 spiro atoms. The molecule has 1 aromatic rings. The van der Waals surface area contributed by atoms with Gasteiger partial charge in [-0.1, -0.05) is 32.6 Å².